The molecule has 0 radical (unpaired) electrons. The van der Waals surface area contributed by atoms with Crippen LogP contribution in [0.3, 0.4) is 0 Å². The van der Waals surface area contributed by atoms with Gasteiger partial charge in [0.1, 0.15) is 11.6 Å². The van der Waals surface area contributed by atoms with Crippen LogP contribution in [-0.2, 0) is 11.8 Å². The molecule has 1 heterocycles. The van der Waals surface area contributed by atoms with Crippen molar-refractivity contribution in [2.45, 2.75) is 32.1 Å². The average Bonchev–Trinajstić information content (AvgIpc) is 3.21. The number of halogens is 2. The summed E-state index contributed by atoms with van der Waals surface area (Å²) in [4.78, 5) is 13.2. The number of Topliss-reactive ketones (excluding diaryl/α,β-unsaturated/α-hetero) is 1. The minimum atomic E-state index is -0.348. The quantitative estimate of drug-likeness (QED) is 0.437. The molecule has 2 nitrogen and oxygen atoms in total. The highest BCUT2D eigenvalue weighted by Crippen LogP contribution is 2.35. The van der Waals surface area contributed by atoms with Crippen LogP contribution >= 0.6 is 0 Å². The van der Waals surface area contributed by atoms with Crippen molar-refractivity contribution in [2.24, 2.45) is 5.92 Å². The molecule has 6 rings (SSSR count). The lowest BCUT2D eigenvalue weighted by Gasteiger charge is -2.34. The van der Waals surface area contributed by atoms with Gasteiger partial charge in [-0.2, -0.15) is 0 Å². The van der Waals surface area contributed by atoms with Crippen LogP contribution in [0.2, 0.25) is 0 Å². The Bertz CT molecular complexity index is 1550. The van der Waals surface area contributed by atoms with Crippen molar-refractivity contribution in [3.63, 3.8) is 0 Å². The molecule has 1 atom stereocenters. The Labute approximate surface area is 216 Å². The molecule has 3 aromatic rings. The summed E-state index contributed by atoms with van der Waals surface area (Å²) < 4.78 is 27.2. The number of rotatable bonds is 2. The third-order valence-electron chi connectivity index (χ3n) is 7.19. The zero-order chi connectivity index (χ0) is 26.0. The van der Waals surface area contributed by atoms with Crippen LogP contribution in [0.15, 0.2) is 91.3 Å². The van der Waals surface area contributed by atoms with Crippen molar-refractivity contribution in [1.29, 1.82) is 0 Å². The van der Waals surface area contributed by atoms with Crippen LogP contribution in [-0.4, -0.2) is 5.78 Å². The number of carbonyl (C=O) groups excluding carboxylic acids is 1. The van der Waals surface area contributed by atoms with Gasteiger partial charge in [-0.3, -0.25) is 4.79 Å². The third kappa shape index (κ3) is 5.10. The molecule has 1 N–H and O–H groups in total. The molecule has 3 aliphatic rings. The molecule has 0 bridgehead atoms. The maximum Gasteiger partial charge on any atom is 0.169 e. The van der Waals surface area contributed by atoms with Gasteiger partial charge in [-0.1, -0.05) is 56.4 Å². The van der Waals surface area contributed by atoms with E-state index >= 15 is 0 Å². The number of ketones is 1. The van der Waals surface area contributed by atoms with Gasteiger partial charge in [0, 0.05) is 23.9 Å². The van der Waals surface area contributed by atoms with E-state index in [1.807, 2.05) is 42.8 Å². The zero-order valence-electron chi connectivity index (χ0n) is 21.0. The van der Waals surface area contributed by atoms with Gasteiger partial charge in [-0.25, -0.2) is 8.78 Å². The van der Waals surface area contributed by atoms with E-state index in [0.717, 1.165) is 33.5 Å². The Balaban J connectivity index is 0.000000348. The van der Waals surface area contributed by atoms with Crippen LogP contribution in [0.4, 0.5) is 8.78 Å². The summed E-state index contributed by atoms with van der Waals surface area (Å²) in [7, 11) is 0. The van der Waals surface area contributed by atoms with E-state index in [0.29, 0.717) is 12.0 Å². The van der Waals surface area contributed by atoms with Gasteiger partial charge in [-0.05, 0) is 99.5 Å². The first-order valence-corrected chi connectivity index (χ1v) is 12.5. The second-order valence-corrected chi connectivity index (χ2v) is 10.2. The normalized spacial score (nSPS) is 17.9. The molecule has 0 fully saturated rings. The Morgan fingerprint density at radius 3 is 2.27 bits per heavy atom. The summed E-state index contributed by atoms with van der Waals surface area (Å²) in [5.41, 5.74) is 4.59. The molecule has 1 unspecified atom stereocenters. The van der Waals surface area contributed by atoms with E-state index in [1.54, 1.807) is 18.2 Å². The molecular weight excluding hydrogens is 464 g/mol. The smallest absolute Gasteiger partial charge is 0.169 e. The fourth-order valence-electron chi connectivity index (χ4n) is 5.37. The number of benzene rings is 3. The maximum atomic E-state index is 13.9. The number of allylic oxidation sites excluding steroid dienone is 4. The minimum Gasteiger partial charge on any atom is -0.368 e. The van der Waals surface area contributed by atoms with Gasteiger partial charge in [-0.15, -0.1) is 0 Å². The molecule has 0 spiro atoms. The van der Waals surface area contributed by atoms with E-state index in [-0.39, 0.29) is 28.8 Å². The Hall–Kier alpha value is -4.05. The first-order valence-electron chi connectivity index (χ1n) is 12.5. The molecule has 2 aliphatic carbocycles. The second-order valence-electron chi connectivity index (χ2n) is 10.2. The molecule has 3 aromatic carbocycles. The number of nitrogens with one attached hydrogen (secondary N) is 1. The molecule has 1 aliphatic heterocycles. The summed E-state index contributed by atoms with van der Waals surface area (Å²) in [6.45, 7) is 4.32. The highest BCUT2D eigenvalue weighted by Gasteiger charge is 2.33. The predicted molar refractivity (Wildman–Crippen MR) is 146 cm³/mol. The van der Waals surface area contributed by atoms with Crippen molar-refractivity contribution in [3.8, 4) is 11.1 Å². The number of hydrogen-bond acceptors (Lipinski definition) is 2. The van der Waals surface area contributed by atoms with Gasteiger partial charge < -0.3 is 5.32 Å². The fourth-order valence-corrected chi connectivity index (χ4v) is 5.37. The van der Waals surface area contributed by atoms with E-state index in [4.69, 9.17) is 0 Å². The zero-order valence-corrected chi connectivity index (χ0v) is 21.0. The Morgan fingerprint density at radius 1 is 0.838 bits per heavy atom. The van der Waals surface area contributed by atoms with E-state index in [9.17, 15) is 13.6 Å². The molecule has 0 aromatic heterocycles. The minimum absolute atomic E-state index is 0.00795. The summed E-state index contributed by atoms with van der Waals surface area (Å²) in [6.07, 6.45) is 17.3. The standard InChI is InChI=1S/C27H22F2O.C6H7N/c1-27(2)15-18(26(30)17-4-7-19(28)8-5-17)13-24-22-10-6-16-3-9-20(29)14-23(16)21(22)11-12-25(24)27;1-2-4-6-7-5-3-1/h3-5,7-14,18H,6,15H2,1-2H3;1-7H. The molecular formula is C33H29F2NO. The monoisotopic (exact) mass is 493 g/mol. The summed E-state index contributed by atoms with van der Waals surface area (Å²) in [5, 5.41) is 5.07. The summed E-state index contributed by atoms with van der Waals surface area (Å²) in [5.74, 6) is -0.868. The van der Waals surface area contributed by atoms with Crippen molar-refractivity contribution in [2.75, 3.05) is 0 Å². The van der Waals surface area contributed by atoms with Gasteiger partial charge in [0.2, 0.25) is 0 Å². The first-order chi connectivity index (χ1) is 17.8. The molecule has 0 saturated carbocycles. The van der Waals surface area contributed by atoms with Crippen LogP contribution in [0.1, 0.15) is 41.8 Å². The van der Waals surface area contributed by atoms with E-state index in [1.165, 1.54) is 23.8 Å². The number of fused-ring (bicyclic) bond motifs is 5. The number of carbonyl (C=O) groups is 1. The van der Waals surface area contributed by atoms with Crippen molar-refractivity contribution < 1.29 is 13.6 Å². The highest BCUT2D eigenvalue weighted by molar-refractivity contribution is 6.01. The third-order valence-corrected chi connectivity index (χ3v) is 7.19. The molecule has 0 saturated heterocycles. The predicted octanol–water partition coefficient (Wildman–Crippen LogP) is 6.10. The second kappa shape index (κ2) is 10.1. The first kappa shape index (κ1) is 24.6. The van der Waals surface area contributed by atoms with Gasteiger partial charge in [0.05, 0.1) is 0 Å². The van der Waals surface area contributed by atoms with Gasteiger partial charge >= 0.3 is 0 Å². The van der Waals surface area contributed by atoms with E-state index in [2.05, 4.69) is 43.4 Å². The van der Waals surface area contributed by atoms with Crippen molar-refractivity contribution in [1.82, 2.24) is 5.32 Å². The Kier molecular flexibility index (Phi) is 6.75. The topological polar surface area (TPSA) is 29.1 Å². The molecule has 4 heteroatoms. The lowest BCUT2D eigenvalue weighted by Crippen LogP contribution is -2.43. The van der Waals surface area contributed by atoms with Crippen molar-refractivity contribution >= 4 is 17.9 Å². The van der Waals surface area contributed by atoms with Gasteiger partial charge in [0.15, 0.2) is 5.78 Å². The highest BCUT2D eigenvalue weighted by atomic mass is 19.1. The largest absolute Gasteiger partial charge is 0.368 e. The SMILES string of the molecule is C1=CC=CNC=C1.CC1(C)CC(C(=O)c2ccc(F)cc2)C=c2c1ccc1c2=CCc2ccc(F)cc2-1. The maximum absolute atomic E-state index is 13.9. The average molecular weight is 494 g/mol. The Morgan fingerprint density at radius 2 is 1.54 bits per heavy atom. The molecule has 186 valence electrons. The fraction of sp³-hybridized carbons (Fsp3) is 0.182. The van der Waals surface area contributed by atoms with Crippen molar-refractivity contribution in [3.05, 3.63) is 130 Å². The van der Waals surface area contributed by atoms with E-state index < -0.39 is 0 Å². The van der Waals surface area contributed by atoms with Crippen LogP contribution in [0.25, 0.3) is 23.3 Å². The van der Waals surface area contributed by atoms with Crippen LogP contribution < -0.4 is 15.8 Å². The number of hydrogen-bond donors (Lipinski definition) is 1. The summed E-state index contributed by atoms with van der Waals surface area (Å²) in [6, 6.07) is 14.9. The van der Waals surface area contributed by atoms with Crippen LogP contribution in [0.5, 0.6) is 0 Å². The summed E-state index contributed by atoms with van der Waals surface area (Å²) >= 11 is 0. The molecule has 37 heavy (non-hydrogen) atoms. The lowest BCUT2D eigenvalue weighted by molar-refractivity contribution is 0.0933. The molecule has 0 amide bonds. The van der Waals surface area contributed by atoms with Gasteiger partial charge in [0.25, 0.3) is 0 Å². The van der Waals surface area contributed by atoms with Crippen LogP contribution in [0, 0.1) is 17.6 Å². The lowest BCUT2D eigenvalue weighted by atomic mass is 9.69.